The van der Waals surface area contributed by atoms with E-state index >= 15 is 0 Å². The molecule has 2 aromatic rings. The number of nitrogens with zero attached hydrogens (tertiary/aromatic N) is 3. The summed E-state index contributed by atoms with van der Waals surface area (Å²) in [6.07, 6.45) is 1.55. The van der Waals surface area contributed by atoms with Crippen molar-refractivity contribution in [2.24, 2.45) is 7.05 Å². The van der Waals surface area contributed by atoms with Gasteiger partial charge in [-0.15, -0.1) is 0 Å². The molecule has 0 spiro atoms. The number of hydrogen-bond acceptors (Lipinski definition) is 4. The lowest BCUT2D eigenvalue weighted by Gasteiger charge is -1.97. The van der Waals surface area contributed by atoms with Crippen LogP contribution in [0.25, 0.3) is 11.5 Å². The third kappa shape index (κ3) is 1.38. The normalized spacial score (nSPS) is 10.8. The minimum Gasteiger partial charge on any atom is -0.380 e. The molecule has 0 saturated heterocycles. The summed E-state index contributed by atoms with van der Waals surface area (Å²) in [4.78, 5) is 0. The Balaban J connectivity index is 2.65. The number of nitrogens with two attached hydrogens (primary N) is 1. The molecule has 0 atom stereocenters. The van der Waals surface area contributed by atoms with Gasteiger partial charge in [0.05, 0.1) is 11.2 Å². The lowest BCUT2D eigenvalue weighted by Crippen LogP contribution is -1.94. The molecule has 74 valence electrons. The molecule has 0 aliphatic carbocycles. The zero-order chi connectivity index (χ0) is 10.3. The van der Waals surface area contributed by atoms with Gasteiger partial charge in [0.1, 0.15) is 9.26 Å². The SMILES string of the molecule is Cn1ncc(Cl)c1-c1onc(N)c1I. The quantitative estimate of drug-likeness (QED) is 0.814. The largest absolute Gasteiger partial charge is 0.380 e. The third-order valence-corrected chi connectivity index (χ3v) is 3.09. The van der Waals surface area contributed by atoms with E-state index in [0.717, 1.165) is 3.57 Å². The second-order valence-electron chi connectivity index (χ2n) is 2.68. The van der Waals surface area contributed by atoms with Crippen LogP contribution in [0.15, 0.2) is 10.7 Å². The van der Waals surface area contributed by atoms with Gasteiger partial charge in [0.2, 0.25) is 5.76 Å². The molecule has 2 aromatic heterocycles. The summed E-state index contributed by atoms with van der Waals surface area (Å²) in [5.41, 5.74) is 6.24. The summed E-state index contributed by atoms with van der Waals surface area (Å²) in [7, 11) is 1.77. The summed E-state index contributed by atoms with van der Waals surface area (Å²) in [5, 5.41) is 8.16. The van der Waals surface area contributed by atoms with Crippen molar-refractivity contribution in [3.05, 3.63) is 14.8 Å². The Morgan fingerprint density at radius 2 is 2.36 bits per heavy atom. The van der Waals surface area contributed by atoms with Crippen molar-refractivity contribution in [2.75, 3.05) is 5.73 Å². The lowest BCUT2D eigenvalue weighted by molar-refractivity contribution is 0.432. The van der Waals surface area contributed by atoms with Crippen LogP contribution in [0.1, 0.15) is 0 Å². The van der Waals surface area contributed by atoms with E-state index in [-0.39, 0.29) is 0 Å². The van der Waals surface area contributed by atoms with Gasteiger partial charge < -0.3 is 10.3 Å². The Hall–Kier alpha value is -0.760. The smallest absolute Gasteiger partial charge is 0.201 e. The van der Waals surface area contributed by atoms with E-state index in [1.54, 1.807) is 17.9 Å². The lowest BCUT2D eigenvalue weighted by atomic mass is 10.3. The summed E-state index contributed by atoms with van der Waals surface area (Å²) in [6.45, 7) is 0. The van der Waals surface area contributed by atoms with Crippen LogP contribution in [-0.2, 0) is 7.05 Å². The van der Waals surface area contributed by atoms with Crippen LogP contribution in [-0.4, -0.2) is 14.9 Å². The van der Waals surface area contributed by atoms with E-state index in [4.69, 9.17) is 21.9 Å². The first-order valence-corrected chi connectivity index (χ1v) is 5.15. The van der Waals surface area contributed by atoms with Gasteiger partial charge in [-0.25, -0.2) is 0 Å². The molecule has 0 fully saturated rings. The van der Waals surface area contributed by atoms with Gasteiger partial charge in [0.15, 0.2) is 5.82 Å². The number of aromatic nitrogens is 3. The van der Waals surface area contributed by atoms with Crippen molar-refractivity contribution in [1.82, 2.24) is 14.9 Å². The van der Waals surface area contributed by atoms with Crippen molar-refractivity contribution in [2.45, 2.75) is 0 Å². The fourth-order valence-corrected chi connectivity index (χ4v) is 1.81. The zero-order valence-electron chi connectivity index (χ0n) is 7.16. The molecule has 0 unspecified atom stereocenters. The van der Waals surface area contributed by atoms with Crippen LogP contribution in [0.3, 0.4) is 0 Å². The summed E-state index contributed by atoms with van der Waals surface area (Å²) in [6, 6.07) is 0. The molecule has 0 aliphatic heterocycles. The molecular formula is C7H6ClIN4O. The van der Waals surface area contributed by atoms with E-state index in [2.05, 4.69) is 32.8 Å². The maximum atomic E-state index is 5.95. The topological polar surface area (TPSA) is 69.9 Å². The second-order valence-corrected chi connectivity index (χ2v) is 4.16. The standard InChI is InChI=1S/C7H6ClIN4O/c1-13-5(3(8)2-11-13)6-4(9)7(10)12-14-6/h2H,1H3,(H2,10,12). The molecule has 7 heteroatoms. The van der Waals surface area contributed by atoms with Crippen molar-refractivity contribution >= 4 is 40.0 Å². The Morgan fingerprint density at radius 1 is 1.64 bits per heavy atom. The Kier molecular flexibility index (Phi) is 2.40. The summed E-state index contributed by atoms with van der Waals surface area (Å²) >= 11 is 8.00. The van der Waals surface area contributed by atoms with Crippen LogP contribution < -0.4 is 5.73 Å². The summed E-state index contributed by atoms with van der Waals surface area (Å²) < 4.78 is 7.43. The van der Waals surface area contributed by atoms with Gasteiger partial charge in [-0.05, 0) is 22.6 Å². The number of halogens is 2. The third-order valence-electron chi connectivity index (χ3n) is 1.77. The highest BCUT2D eigenvalue weighted by Gasteiger charge is 2.19. The van der Waals surface area contributed by atoms with Gasteiger partial charge >= 0.3 is 0 Å². The van der Waals surface area contributed by atoms with E-state index < -0.39 is 0 Å². The average molecular weight is 325 g/mol. The first kappa shape index (κ1) is 9.78. The summed E-state index contributed by atoms with van der Waals surface area (Å²) in [5.74, 6) is 0.908. The predicted molar refractivity (Wildman–Crippen MR) is 60.8 cm³/mol. The first-order chi connectivity index (χ1) is 6.61. The molecule has 0 aliphatic rings. The molecule has 5 nitrogen and oxygen atoms in total. The second kappa shape index (κ2) is 3.43. The molecule has 0 amide bonds. The molecule has 0 radical (unpaired) electrons. The van der Waals surface area contributed by atoms with E-state index in [1.165, 1.54) is 0 Å². The fourth-order valence-electron chi connectivity index (χ4n) is 1.10. The fraction of sp³-hybridized carbons (Fsp3) is 0.143. The van der Waals surface area contributed by atoms with E-state index in [1.807, 2.05) is 0 Å². The number of aryl methyl sites for hydroxylation is 1. The molecule has 0 saturated carbocycles. The maximum absolute atomic E-state index is 5.95. The number of anilines is 1. The van der Waals surface area contributed by atoms with Crippen LogP contribution in [0, 0.1) is 3.57 Å². The van der Waals surface area contributed by atoms with Crippen LogP contribution in [0.2, 0.25) is 5.02 Å². The molecular weight excluding hydrogens is 318 g/mol. The molecule has 2 rings (SSSR count). The highest BCUT2D eigenvalue weighted by Crippen LogP contribution is 2.33. The van der Waals surface area contributed by atoms with Crippen LogP contribution in [0.5, 0.6) is 0 Å². The highest BCUT2D eigenvalue weighted by atomic mass is 127. The van der Waals surface area contributed by atoms with Crippen molar-refractivity contribution < 1.29 is 4.52 Å². The predicted octanol–water partition coefficient (Wildman–Crippen LogP) is 1.92. The maximum Gasteiger partial charge on any atom is 0.201 e. The Morgan fingerprint density at radius 3 is 2.79 bits per heavy atom. The van der Waals surface area contributed by atoms with Crippen molar-refractivity contribution in [1.29, 1.82) is 0 Å². The van der Waals surface area contributed by atoms with Crippen molar-refractivity contribution in [3.8, 4) is 11.5 Å². The number of nitrogen functional groups attached to an aromatic ring is 1. The Bertz CT molecular complexity index is 458. The first-order valence-electron chi connectivity index (χ1n) is 3.69. The van der Waals surface area contributed by atoms with Gasteiger partial charge in [-0.2, -0.15) is 5.10 Å². The molecule has 2 N–H and O–H groups in total. The van der Waals surface area contributed by atoms with E-state index in [9.17, 15) is 0 Å². The van der Waals surface area contributed by atoms with Gasteiger partial charge in [0, 0.05) is 7.05 Å². The Labute approximate surface area is 98.3 Å². The molecule has 0 aromatic carbocycles. The highest BCUT2D eigenvalue weighted by molar-refractivity contribution is 14.1. The van der Waals surface area contributed by atoms with Crippen molar-refractivity contribution in [3.63, 3.8) is 0 Å². The van der Waals surface area contributed by atoms with Crippen LogP contribution >= 0.6 is 34.2 Å². The monoisotopic (exact) mass is 324 g/mol. The molecule has 0 bridgehead atoms. The molecule has 2 heterocycles. The van der Waals surface area contributed by atoms with Gasteiger partial charge in [0.25, 0.3) is 0 Å². The van der Waals surface area contributed by atoms with E-state index in [0.29, 0.717) is 22.3 Å². The van der Waals surface area contributed by atoms with Crippen LogP contribution in [0.4, 0.5) is 5.82 Å². The zero-order valence-corrected chi connectivity index (χ0v) is 10.1. The van der Waals surface area contributed by atoms with Gasteiger partial charge in [-0.1, -0.05) is 16.8 Å². The number of hydrogen-bond donors (Lipinski definition) is 1. The van der Waals surface area contributed by atoms with Gasteiger partial charge in [-0.3, -0.25) is 4.68 Å². The minimum absolute atomic E-state index is 0.359. The number of rotatable bonds is 1. The molecule has 14 heavy (non-hydrogen) atoms. The minimum atomic E-state index is 0.359. The average Bonchev–Trinajstić information content (AvgIpc) is 2.62.